The molecule has 1 fully saturated rings. The van der Waals surface area contributed by atoms with Crippen molar-refractivity contribution < 1.29 is 0 Å². The molecular formula is C15H16N4S. The van der Waals surface area contributed by atoms with Crippen molar-refractivity contribution in [3.8, 4) is 0 Å². The number of fused-ring (bicyclic) bond motifs is 3. The van der Waals surface area contributed by atoms with E-state index in [0.717, 1.165) is 43.2 Å². The molecular weight excluding hydrogens is 268 g/mol. The van der Waals surface area contributed by atoms with Crippen LogP contribution in [0.15, 0.2) is 29.6 Å². The van der Waals surface area contributed by atoms with Gasteiger partial charge in [0.2, 0.25) is 0 Å². The molecule has 0 amide bonds. The fourth-order valence-corrected chi connectivity index (χ4v) is 3.75. The van der Waals surface area contributed by atoms with E-state index in [0.29, 0.717) is 0 Å². The normalized spacial score (nSPS) is 16.1. The number of nitrogens with one attached hydrogen (secondary N) is 1. The van der Waals surface area contributed by atoms with E-state index < -0.39 is 0 Å². The van der Waals surface area contributed by atoms with Gasteiger partial charge >= 0.3 is 0 Å². The lowest BCUT2D eigenvalue weighted by Gasteiger charge is -2.29. The molecule has 5 heteroatoms. The zero-order valence-electron chi connectivity index (χ0n) is 11.1. The number of nitrogens with zero attached hydrogens (tertiary/aromatic N) is 2. The predicted molar refractivity (Wildman–Crippen MR) is 86.6 cm³/mol. The molecule has 0 saturated carbocycles. The van der Waals surface area contributed by atoms with Gasteiger partial charge in [0.1, 0.15) is 5.82 Å². The number of hydrogen-bond donors (Lipinski definition) is 2. The second kappa shape index (κ2) is 4.61. The Bertz CT molecular complexity index is 774. The van der Waals surface area contributed by atoms with Gasteiger partial charge in [0.15, 0.2) is 0 Å². The zero-order valence-corrected chi connectivity index (χ0v) is 11.9. The molecule has 3 N–H and O–H groups in total. The third-order valence-electron chi connectivity index (χ3n) is 3.82. The molecule has 3 heterocycles. The standard InChI is InChI=1S/C15H16N4S/c16-10-1-2-11-13(9-10)18-15(12-3-8-20-14(11)12)19-6-4-17-5-7-19/h1-3,8-9,17H,4-7,16H2. The Kier molecular flexibility index (Phi) is 2.75. The minimum atomic E-state index is 0.771. The number of nitrogens with two attached hydrogens (primary N) is 1. The molecule has 0 aliphatic carbocycles. The van der Waals surface area contributed by atoms with Crippen LogP contribution >= 0.6 is 11.3 Å². The maximum Gasteiger partial charge on any atom is 0.138 e. The summed E-state index contributed by atoms with van der Waals surface area (Å²) >= 11 is 1.78. The number of piperazine rings is 1. The fraction of sp³-hybridized carbons (Fsp3) is 0.267. The number of benzene rings is 1. The van der Waals surface area contributed by atoms with Gasteiger partial charge in [0.25, 0.3) is 0 Å². The third-order valence-corrected chi connectivity index (χ3v) is 4.76. The Morgan fingerprint density at radius 3 is 2.85 bits per heavy atom. The highest BCUT2D eigenvalue weighted by atomic mass is 32.1. The highest BCUT2D eigenvalue weighted by molar-refractivity contribution is 7.18. The molecule has 0 spiro atoms. The molecule has 102 valence electrons. The number of aromatic nitrogens is 1. The smallest absolute Gasteiger partial charge is 0.138 e. The van der Waals surface area contributed by atoms with Gasteiger partial charge in [-0.2, -0.15) is 0 Å². The second-order valence-electron chi connectivity index (χ2n) is 5.11. The number of nitrogen functional groups attached to an aromatic ring is 1. The molecule has 2 aromatic heterocycles. The predicted octanol–water partition coefficient (Wildman–Crippen LogP) is 2.44. The van der Waals surface area contributed by atoms with Crippen LogP contribution in [-0.4, -0.2) is 31.2 Å². The van der Waals surface area contributed by atoms with Crippen molar-refractivity contribution in [2.45, 2.75) is 0 Å². The Hall–Kier alpha value is -1.85. The Labute approximate surface area is 121 Å². The molecule has 0 bridgehead atoms. The minimum absolute atomic E-state index is 0.771. The van der Waals surface area contributed by atoms with Crippen LogP contribution in [0.2, 0.25) is 0 Å². The lowest BCUT2D eigenvalue weighted by atomic mass is 10.1. The number of rotatable bonds is 1. The van der Waals surface area contributed by atoms with E-state index in [9.17, 15) is 0 Å². The van der Waals surface area contributed by atoms with Crippen molar-refractivity contribution >= 4 is 43.8 Å². The van der Waals surface area contributed by atoms with Crippen LogP contribution in [0, 0.1) is 0 Å². The molecule has 4 nitrogen and oxygen atoms in total. The largest absolute Gasteiger partial charge is 0.399 e. The van der Waals surface area contributed by atoms with Gasteiger partial charge in [-0.3, -0.25) is 0 Å². The van der Waals surface area contributed by atoms with Crippen LogP contribution in [0.1, 0.15) is 0 Å². The molecule has 1 aliphatic heterocycles. The van der Waals surface area contributed by atoms with Gasteiger partial charge in [-0.15, -0.1) is 11.3 Å². The molecule has 1 aromatic carbocycles. The van der Waals surface area contributed by atoms with Gasteiger partial charge in [-0.1, -0.05) is 0 Å². The molecule has 0 atom stereocenters. The highest BCUT2D eigenvalue weighted by Gasteiger charge is 2.17. The lowest BCUT2D eigenvalue weighted by Crippen LogP contribution is -2.43. The summed E-state index contributed by atoms with van der Waals surface area (Å²) in [6.45, 7) is 4.04. The summed E-state index contributed by atoms with van der Waals surface area (Å²) in [4.78, 5) is 7.25. The first-order chi connectivity index (χ1) is 9.83. The first-order valence-corrected chi connectivity index (χ1v) is 7.73. The van der Waals surface area contributed by atoms with Crippen molar-refractivity contribution in [1.82, 2.24) is 10.3 Å². The topological polar surface area (TPSA) is 54.2 Å². The molecule has 0 unspecified atom stereocenters. The second-order valence-corrected chi connectivity index (χ2v) is 6.03. The summed E-state index contributed by atoms with van der Waals surface area (Å²) in [5.74, 6) is 1.10. The molecule has 4 rings (SSSR count). The Morgan fingerprint density at radius 1 is 1.15 bits per heavy atom. The molecule has 20 heavy (non-hydrogen) atoms. The van der Waals surface area contributed by atoms with Crippen molar-refractivity contribution in [3.05, 3.63) is 29.6 Å². The number of hydrogen-bond acceptors (Lipinski definition) is 5. The quantitative estimate of drug-likeness (QED) is 0.674. The van der Waals surface area contributed by atoms with E-state index in [1.54, 1.807) is 11.3 Å². The van der Waals surface area contributed by atoms with E-state index in [1.165, 1.54) is 15.5 Å². The van der Waals surface area contributed by atoms with Gasteiger partial charge in [-0.05, 0) is 29.6 Å². The Morgan fingerprint density at radius 2 is 2.00 bits per heavy atom. The van der Waals surface area contributed by atoms with Gasteiger partial charge in [-0.25, -0.2) is 4.98 Å². The maximum absolute atomic E-state index is 5.91. The summed E-state index contributed by atoms with van der Waals surface area (Å²) in [5, 5.41) is 7.99. The van der Waals surface area contributed by atoms with E-state index in [2.05, 4.69) is 27.7 Å². The van der Waals surface area contributed by atoms with E-state index in [-0.39, 0.29) is 0 Å². The van der Waals surface area contributed by atoms with Crippen LogP contribution in [0.4, 0.5) is 11.5 Å². The van der Waals surface area contributed by atoms with Crippen LogP contribution in [0.5, 0.6) is 0 Å². The first kappa shape index (κ1) is 11.9. The van der Waals surface area contributed by atoms with Crippen molar-refractivity contribution in [2.24, 2.45) is 0 Å². The summed E-state index contributed by atoms with van der Waals surface area (Å²) in [6, 6.07) is 8.19. The summed E-state index contributed by atoms with van der Waals surface area (Å²) < 4.78 is 1.31. The first-order valence-electron chi connectivity index (χ1n) is 6.85. The summed E-state index contributed by atoms with van der Waals surface area (Å²) in [5.41, 5.74) is 7.68. The maximum atomic E-state index is 5.91. The summed E-state index contributed by atoms with van der Waals surface area (Å²) in [6.07, 6.45) is 0. The number of thiophene rings is 1. The third kappa shape index (κ3) is 1.82. The molecule has 1 saturated heterocycles. The van der Waals surface area contributed by atoms with Gasteiger partial charge in [0.05, 0.1) is 5.52 Å². The van der Waals surface area contributed by atoms with Crippen molar-refractivity contribution in [3.63, 3.8) is 0 Å². The highest BCUT2D eigenvalue weighted by Crippen LogP contribution is 2.35. The Balaban J connectivity index is 1.99. The SMILES string of the molecule is Nc1ccc2c(c1)nc(N1CCNCC1)c1ccsc12. The molecule has 0 radical (unpaired) electrons. The minimum Gasteiger partial charge on any atom is -0.399 e. The lowest BCUT2D eigenvalue weighted by molar-refractivity contribution is 0.587. The van der Waals surface area contributed by atoms with Crippen LogP contribution in [-0.2, 0) is 0 Å². The average Bonchev–Trinajstić information content (AvgIpc) is 2.96. The number of pyridine rings is 1. The van der Waals surface area contributed by atoms with E-state index >= 15 is 0 Å². The van der Waals surface area contributed by atoms with E-state index in [4.69, 9.17) is 10.7 Å². The fourth-order valence-electron chi connectivity index (χ4n) is 2.82. The molecule has 3 aromatic rings. The monoisotopic (exact) mass is 284 g/mol. The van der Waals surface area contributed by atoms with Crippen molar-refractivity contribution in [1.29, 1.82) is 0 Å². The van der Waals surface area contributed by atoms with Crippen LogP contribution in [0.3, 0.4) is 0 Å². The summed E-state index contributed by atoms with van der Waals surface area (Å²) in [7, 11) is 0. The van der Waals surface area contributed by atoms with Gasteiger partial charge < -0.3 is 16.0 Å². The molecule has 1 aliphatic rings. The van der Waals surface area contributed by atoms with Crippen LogP contribution < -0.4 is 16.0 Å². The van der Waals surface area contributed by atoms with Crippen LogP contribution in [0.25, 0.3) is 21.0 Å². The number of anilines is 2. The van der Waals surface area contributed by atoms with Crippen molar-refractivity contribution in [2.75, 3.05) is 36.8 Å². The van der Waals surface area contributed by atoms with Gasteiger partial charge in [0, 0.05) is 47.3 Å². The van der Waals surface area contributed by atoms with E-state index in [1.807, 2.05) is 12.1 Å². The zero-order chi connectivity index (χ0) is 13.5. The average molecular weight is 284 g/mol.